The lowest BCUT2D eigenvalue weighted by Gasteiger charge is -2.08. The first-order valence-corrected chi connectivity index (χ1v) is 6.87. The minimum Gasteiger partial charge on any atom is -0.298 e. The highest BCUT2D eigenvalue weighted by atomic mass is 127. The quantitative estimate of drug-likeness (QED) is 0.659. The number of aromatic amines is 1. The molecule has 0 unspecified atom stereocenters. The Morgan fingerprint density at radius 1 is 1.60 bits per heavy atom. The van der Waals surface area contributed by atoms with Crippen molar-refractivity contribution in [2.24, 2.45) is 0 Å². The van der Waals surface area contributed by atoms with Crippen LogP contribution in [0.5, 0.6) is 0 Å². The fourth-order valence-electron chi connectivity index (χ4n) is 1.41. The summed E-state index contributed by atoms with van der Waals surface area (Å²) in [6, 6.07) is 2.44. The molecule has 2 rings (SSSR count). The largest absolute Gasteiger partial charge is 0.298 e. The van der Waals surface area contributed by atoms with Crippen molar-refractivity contribution in [3.63, 3.8) is 0 Å². The van der Waals surface area contributed by atoms with Crippen molar-refractivity contribution in [2.75, 3.05) is 0 Å². The minimum absolute atomic E-state index is 0.323. The molecule has 2 aromatic heterocycles. The van der Waals surface area contributed by atoms with Crippen molar-refractivity contribution in [3.8, 4) is 11.4 Å². The predicted molar refractivity (Wildman–Crippen MR) is 73.8 cm³/mol. The van der Waals surface area contributed by atoms with Crippen LogP contribution in [0.2, 0.25) is 0 Å². The van der Waals surface area contributed by atoms with E-state index >= 15 is 0 Å². The number of nitrogens with zero attached hydrogens (tertiary/aromatic N) is 2. The van der Waals surface area contributed by atoms with Crippen molar-refractivity contribution in [2.45, 2.75) is 19.9 Å². The first-order chi connectivity index (χ1) is 7.09. The summed E-state index contributed by atoms with van der Waals surface area (Å²) in [4.78, 5) is 0. The second-order valence-corrected chi connectivity index (χ2v) is 6.65. The molecule has 0 bridgehead atoms. The third-order valence-electron chi connectivity index (χ3n) is 2.05. The summed E-state index contributed by atoms with van der Waals surface area (Å²) >= 11 is 9.23. The summed E-state index contributed by atoms with van der Waals surface area (Å²) in [7, 11) is 0. The Morgan fingerprint density at radius 3 is 2.87 bits per heavy atom. The number of hydrogen-bond acceptors (Lipinski definition) is 3. The third-order valence-corrected chi connectivity index (χ3v) is 4.12. The van der Waals surface area contributed by atoms with Gasteiger partial charge in [-0.2, -0.15) is 5.10 Å². The zero-order valence-corrected chi connectivity index (χ0v) is 12.1. The van der Waals surface area contributed by atoms with Gasteiger partial charge in [-0.1, -0.05) is 0 Å². The molecule has 0 atom stereocenters. The molecular formula is C9H10IN3S2. The summed E-state index contributed by atoms with van der Waals surface area (Å²) in [6.07, 6.45) is 0. The highest BCUT2D eigenvalue weighted by Crippen LogP contribution is 2.26. The Bertz CT molecular complexity index is 523. The SMILES string of the molecule is CC(C)n1c(-c2csc(I)c2)n[nH]c1=S. The van der Waals surface area contributed by atoms with E-state index in [0.29, 0.717) is 10.8 Å². The van der Waals surface area contributed by atoms with E-state index in [0.717, 1.165) is 11.4 Å². The van der Waals surface area contributed by atoms with Crippen LogP contribution in [0, 0.1) is 7.65 Å². The molecule has 3 nitrogen and oxygen atoms in total. The van der Waals surface area contributed by atoms with E-state index in [2.05, 4.69) is 58.1 Å². The average Bonchev–Trinajstić information content (AvgIpc) is 2.71. The smallest absolute Gasteiger partial charge is 0.195 e. The fraction of sp³-hybridized carbons (Fsp3) is 0.333. The van der Waals surface area contributed by atoms with Crippen LogP contribution in [-0.4, -0.2) is 14.8 Å². The zero-order valence-electron chi connectivity index (χ0n) is 8.32. The molecule has 2 aromatic rings. The highest BCUT2D eigenvalue weighted by molar-refractivity contribution is 14.1. The number of thiophene rings is 1. The lowest BCUT2D eigenvalue weighted by Crippen LogP contribution is -2.02. The second kappa shape index (κ2) is 4.34. The zero-order chi connectivity index (χ0) is 11.0. The van der Waals surface area contributed by atoms with Gasteiger partial charge in [0.15, 0.2) is 10.6 Å². The molecule has 0 saturated heterocycles. The van der Waals surface area contributed by atoms with Gasteiger partial charge in [0.25, 0.3) is 0 Å². The van der Waals surface area contributed by atoms with Gasteiger partial charge < -0.3 is 0 Å². The lowest BCUT2D eigenvalue weighted by atomic mass is 10.3. The molecule has 0 saturated carbocycles. The van der Waals surface area contributed by atoms with E-state index in [1.807, 2.05) is 4.57 Å². The summed E-state index contributed by atoms with van der Waals surface area (Å²) in [6.45, 7) is 4.21. The maximum absolute atomic E-state index is 5.20. The van der Waals surface area contributed by atoms with E-state index in [-0.39, 0.29) is 0 Å². The second-order valence-electron chi connectivity index (χ2n) is 3.46. The number of nitrogens with one attached hydrogen (secondary N) is 1. The Balaban J connectivity index is 2.58. The van der Waals surface area contributed by atoms with Crippen molar-refractivity contribution < 1.29 is 0 Å². The van der Waals surface area contributed by atoms with Crippen LogP contribution in [0.1, 0.15) is 19.9 Å². The Morgan fingerprint density at radius 2 is 2.33 bits per heavy atom. The van der Waals surface area contributed by atoms with E-state index in [4.69, 9.17) is 12.2 Å². The lowest BCUT2D eigenvalue weighted by molar-refractivity contribution is 0.597. The van der Waals surface area contributed by atoms with Gasteiger partial charge in [-0.15, -0.1) is 11.3 Å². The Labute approximate surface area is 111 Å². The number of hydrogen-bond donors (Lipinski definition) is 1. The normalized spacial score (nSPS) is 11.2. The van der Waals surface area contributed by atoms with Crippen molar-refractivity contribution in [3.05, 3.63) is 19.1 Å². The van der Waals surface area contributed by atoms with Gasteiger partial charge in [0.1, 0.15) is 0 Å². The van der Waals surface area contributed by atoms with Gasteiger partial charge >= 0.3 is 0 Å². The molecule has 15 heavy (non-hydrogen) atoms. The molecular weight excluding hydrogens is 341 g/mol. The maximum atomic E-state index is 5.20. The summed E-state index contributed by atoms with van der Waals surface area (Å²) in [5, 5.41) is 9.22. The molecule has 0 fully saturated rings. The van der Waals surface area contributed by atoms with E-state index in [1.54, 1.807) is 11.3 Å². The van der Waals surface area contributed by atoms with Gasteiger partial charge in [0.2, 0.25) is 0 Å². The number of rotatable bonds is 2. The predicted octanol–water partition coefficient (Wildman–Crippen LogP) is 3.85. The molecule has 6 heteroatoms. The average molecular weight is 351 g/mol. The van der Waals surface area contributed by atoms with Crippen LogP contribution in [0.15, 0.2) is 11.4 Å². The van der Waals surface area contributed by atoms with Crippen LogP contribution >= 0.6 is 46.1 Å². The number of halogens is 1. The molecule has 0 aromatic carbocycles. The first kappa shape index (κ1) is 11.3. The molecule has 0 radical (unpaired) electrons. The van der Waals surface area contributed by atoms with Crippen LogP contribution in [0.3, 0.4) is 0 Å². The van der Waals surface area contributed by atoms with Crippen LogP contribution < -0.4 is 0 Å². The van der Waals surface area contributed by atoms with Gasteiger partial charge in [0, 0.05) is 17.0 Å². The van der Waals surface area contributed by atoms with Gasteiger partial charge in [-0.3, -0.25) is 9.67 Å². The van der Waals surface area contributed by atoms with Crippen molar-refractivity contribution >= 4 is 46.1 Å². The van der Waals surface area contributed by atoms with Crippen LogP contribution in [0.25, 0.3) is 11.4 Å². The van der Waals surface area contributed by atoms with Crippen LogP contribution in [-0.2, 0) is 0 Å². The van der Waals surface area contributed by atoms with Crippen molar-refractivity contribution in [1.29, 1.82) is 0 Å². The molecule has 0 aliphatic rings. The van der Waals surface area contributed by atoms with Crippen molar-refractivity contribution in [1.82, 2.24) is 14.8 Å². The van der Waals surface area contributed by atoms with Gasteiger partial charge in [-0.25, -0.2) is 0 Å². The first-order valence-electron chi connectivity index (χ1n) is 4.51. The molecule has 1 N–H and O–H groups in total. The maximum Gasteiger partial charge on any atom is 0.195 e. The molecule has 0 aliphatic heterocycles. The van der Waals surface area contributed by atoms with Gasteiger partial charge in [-0.05, 0) is 54.7 Å². The fourth-order valence-corrected chi connectivity index (χ4v) is 3.08. The molecule has 2 heterocycles. The summed E-state index contributed by atoms with van der Waals surface area (Å²) in [5.41, 5.74) is 1.13. The third kappa shape index (κ3) is 2.16. The standard InChI is InChI=1S/C9H10IN3S2/c1-5(2)13-8(11-12-9(13)14)6-3-7(10)15-4-6/h3-5H,1-2H3,(H,12,14). The number of aromatic nitrogens is 3. The molecule has 80 valence electrons. The molecule has 0 amide bonds. The topological polar surface area (TPSA) is 33.6 Å². The van der Waals surface area contributed by atoms with E-state index in [9.17, 15) is 0 Å². The monoisotopic (exact) mass is 351 g/mol. The minimum atomic E-state index is 0.323. The van der Waals surface area contributed by atoms with E-state index in [1.165, 1.54) is 2.88 Å². The Hall–Kier alpha value is -0.210. The highest BCUT2D eigenvalue weighted by Gasteiger charge is 2.12. The summed E-state index contributed by atoms with van der Waals surface area (Å²) in [5.74, 6) is 0.925. The summed E-state index contributed by atoms with van der Waals surface area (Å²) < 4.78 is 3.97. The number of H-pyrrole nitrogens is 1. The molecule has 0 aliphatic carbocycles. The Kier molecular flexibility index (Phi) is 3.27. The molecule has 0 spiro atoms. The van der Waals surface area contributed by atoms with Gasteiger partial charge in [0.05, 0.1) is 2.88 Å². The van der Waals surface area contributed by atoms with E-state index < -0.39 is 0 Å². The van der Waals surface area contributed by atoms with Crippen LogP contribution in [0.4, 0.5) is 0 Å².